The molecule has 1 aromatic carbocycles. The van der Waals surface area contributed by atoms with Crippen LogP contribution < -0.4 is 4.90 Å². The summed E-state index contributed by atoms with van der Waals surface area (Å²) in [6, 6.07) is 9.96. The first kappa shape index (κ1) is 11.9. The van der Waals surface area contributed by atoms with Gasteiger partial charge in [0, 0.05) is 33.6 Å². The van der Waals surface area contributed by atoms with Crippen LogP contribution in [0.2, 0.25) is 0 Å². The van der Waals surface area contributed by atoms with E-state index >= 15 is 0 Å². The molecular formula is C14H12BrNOS. The molecule has 1 aromatic heterocycles. The quantitative estimate of drug-likeness (QED) is 0.829. The molecule has 1 aliphatic heterocycles. The molecule has 2 aromatic rings. The Morgan fingerprint density at radius 3 is 2.89 bits per heavy atom. The maximum Gasteiger partial charge on any atom is 0.166 e. The number of anilines is 1. The third-order valence-corrected chi connectivity index (χ3v) is 5.09. The fourth-order valence-corrected chi connectivity index (χ4v) is 3.74. The summed E-state index contributed by atoms with van der Waals surface area (Å²) in [4.78, 5) is 15.5. The van der Waals surface area contributed by atoms with Gasteiger partial charge in [0.25, 0.3) is 0 Å². The Labute approximate surface area is 118 Å². The lowest BCUT2D eigenvalue weighted by molar-refractivity contribution is 0.0979. The molecule has 0 N–H and O–H groups in total. The Hall–Kier alpha value is -1.13. The van der Waals surface area contributed by atoms with Crippen molar-refractivity contribution in [2.45, 2.75) is 13.0 Å². The van der Waals surface area contributed by atoms with Crippen LogP contribution in [0.25, 0.3) is 0 Å². The van der Waals surface area contributed by atoms with Crippen molar-refractivity contribution < 1.29 is 4.79 Å². The van der Waals surface area contributed by atoms with Crippen molar-refractivity contribution in [3.63, 3.8) is 0 Å². The fourth-order valence-electron chi connectivity index (χ4n) is 2.25. The zero-order chi connectivity index (χ0) is 12.5. The van der Waals surface area contributed by atoms with Gasteiger partial charge in [-0.15, -0.1) is 11.3 Å². The third kappa shape index (κ3) is 2.10. The van der Waals surface area contributed by atoms with E-state index in [1.807, 2.05) is 24.3 Å². The zero-order valence-corrected chi connectivity index (χ0v) is 12.1. The van der Waals surface area contributed by atoms with Crippen molar-refractivity contribution in [1.29, 1.82) is 0 Å². The number of halogens is 1. The summed E-state index contributed by atoms with van der Waals surface area (Å²) < 4.78 is 1.15. The summed E-state index contributed by atoms with van der Waals surface area (Å²) in [5.41, 5.74) is 1.92. The molecule has 0 saturated heterocycles. The fraction of sp³-hybridized carbons (Fsp3) is 0.214. The standard InChI is InChI=1S/C14H12BrNOS/c15-11-6-8-18-14(11)9-16-7-5-13(17)10-3-1-2-4-12(10)16/h1-4,6,8H,5,7,9H2. The Bertz CT molecular complexity index is 593. The molecule has 92 valence electrons. The van der Waals surface area contributed by atoms with Gasteiger partial charge < -0.3 is 4.90 Å². The molecule has 3 rings (SSSR count). The van der Waals surface area contributed by atoms with Gasteiger partial charge in [-0.2, -0.15) is 0 Å². The molecule has 0 radical (unpaired) electrons. The summed E-state index contributed by atoms with van der Waals surface area (Å²) in [5.74, 6) is 0.257. The lowest BCUT2D eigenvalue weighted by Gasteiger charge is -2.30. The molecule has 0 unspecified atom stereocenters. The summed E-state index contributed by atoms with van der Waals surface area (Å²) in [6.07, 6.45) is 0.611. The SMILES string of the molecule is O=C1CCN(Cc2sccc2Br)c2ccccc21. The van der Waals surface area contributed by atoms with Gasteiger partial charge in [0.15, 0.2) is 5.78 Å². The van der Waals surface area contributed by atoms with Gasteiger partial charge in [-0.3, -0.25) is 4.79 Å². The van der Waals surface area contributed by atoms with E-state index in [4.69, 9.17) is 0 Å². The number of nitrogens with zero attached hydrogens (tertiary/aromatic N) is 1. The molecule has 0 amide bonds. The minimum atomic E-state index is 0.257. The second-order valence-electron chi connectivity index (χ2n) is 4.30. The smallest absolute Gasteiger partial charge is 0.166 e. The number of Topliss-reactive ketones (excluding diaryl/α,β-unsaturated/α-hetero) is 1. The first-order valence-corrected chi connectivity index (χ1v) is 7.52. The van der Waals surface area contributed by atoms with Gasteiger partial charge in [0.2, 0.25) is 0 Å². The lowest BCUT2D eigenvalue weighted by Crippen LogP contribution is -2.31. The minimum Gasteiger partial charge on any atom is -0.365 e. The number of rotatable bonds is 2. The van der Waals surface area contributed by atoms with Crippen molar-refractivity contribution >= 4 is 38.7 Å². The van der Waals surface area contributed by atoms with Crippen LogP contribution in [0.1, 0.15) is 21.7 Å². The van der Waals surface area contributed by atoms with Crippen LogP contribution in [0.3, 0.4) is 0 Å². The van der Waals surface area contributed by atoms with Crippen molar-refractivity contribution in [2.24, 2.45) is 0 Å². The van der Waals surface area contributed by atoms with Gasteiger partial charge in [-0.1, -0.05) is 12.1 Å². The highest BCUT2D eigenvalue weighted by Gasteiger charge is 2.23. The number of ketones is 1. The van der Waals surface area contributed by atoms with Crippen molar-refractivity contribution in [1.82, 2.24) is 0 Å². The maximum atomic E-state index is 11.9. The predicted octanol–water partition coefficient (Wildman–Crippen LogP) is 4.10. The van der Waals surface area contributed by atoms with Crippen molar-refractivity contribution in [3.8, 4) is 0 Å². The van der Waals surface area contributed by atoms with Gasteiger partial charge >= 0.3 is 0 Å². The van der Waals surface area contributed by atoms with Crippen LogP contribution in [-0.4, -0.2) is 12.3 Å². The number of hydrogen-bond acceptors (Lipinski definition) is 3. The molecule has 4 heteroatoms. The monoisotopic (exact) mass is 321 g/mol. The molecule has 0 aliphatic carbocycles. The Morgan fingerprint density at radius 1 is 1.28 bits per heavy atom. The van der Waals surface area contributed by atoms with E-state index in [1.165, 1.54) is 4.88 Å². The second kappa shape index (κ2) is 4.86. The predicted molar refractivity (Wildman–Crippen MR) is 78.5 cm³/mol. The van der Waals surface area contributed by atoms with Gasteiger partial charge in [-0.25, -0.2) is 0 Å². The Balaban J connectivity index is 1.93. The minimum absolute atomic E-state index is 0.257. The van der Waals surface area contributed by atoms with Gasteiger partial charge in [-0.05, 0) is 39.5 Å². The number of thiophene rings is 1. The molecule has 2 nitrogen and oxygen atoms in total. The van der Waals surface area contributed by atoms with Crippen molar-refractivity contribution in [3.05, 3.63) is 50.6 Å². The second-order valence-corrected chi connectivity index (χ2v) is 6.16. The van der Waals surface area contributed by atoms with Gasteiger partial charge in [0.1, 0.15) is 0 Å². The summed E-state index contributed by atoms with van der Waals surface area (Å²) in [5, 5.41) is 2.08. The molecule has 18 heavy (non-hydrogen) atoms. The molecule has 2 heterocycles. The largest absolute Gasteiger partial charge is 0.365 e. The summed E-state index contributed by atoms with van der Waals surface area (Å²) >= 11 is 5.31. The van der Waals surface area contributed by atoms with Crippen molar-refractivity contribution in [2.75, 3.05) is 11.4 Å². The number of hydrogen-bond donors (Lipinski definition) is 0. The zero-order valence-electron chi connectivity index (χ0n) is 9.73. The Kier molecular flexibility index (Phi) is 3.22. The molecule has 0 fully saturated rings. The molecule has 0 bridgehead atoms. The van der Waals surface area contributed by atoms with Crippen LogP contribution >= 0.6 is 27.3 Å². The first-order valence-electron chi connectivity index (χ1n) is 5.85. The highest BCUT2D eigenvalue weighted by molar-refractivity contribution is 9.10. The summed E-state index contributed by atoms with van der Waals surface area (Å²) in [7, 11) is 0. The normalized spacial score (nSPS) is 14.7. The van der Waals surface area contributed by atoms with Crippen LogP contribution in [0.5, 0.6) is 0 Å². The Morgan fingerprint density at radius 2 is 2.11 bits per heavy atom. The highest BCUT2D eigenvalue weighted by atomic mass is 79.9. The van der Waals surface area contributed by atoms with Gasteiger partial charge in [0.05, 0.1) is 6.54 Å². The number of para-hydroxylation sites is 1. The molecule has 1 aliphatic rings. The van der Waals surface area contributed by atoms with E-state index in [-0.39, 0.29) is 5.78 Å². The summed E-state index contributed by atoms with van der Waals surface area (Å²) in [6.45, 7) is 1.67. The van der Waals surface area contributed by atoms with Crippen LogP contribution in [-0.2, 0) is 6.54 Å². The maximum absolute atomic E-state index is 11.9. The topological polar surface area (TPSA) is 20.3 Å². The molecular weight excluding hydrogens is 310 g/mol. The average Bonchev–Trinajstić information content (AvgIpc) is 2.79. The van der Waals surface area contributed by atoms with Crippen LogP contribution in [0.15, 0.2) is 40.2 Å². The van der Waals surface area contributed by atoms with Crippen LogP contribution in [0.4, 0.5) is 5.69 Å². The average molecular weight is 322 g/mol. The van der Waals surface area contributed by atoms with E-state index < -0.39 is 0 Å². The molecule has 0 saturated carbocycles. The van der Waals surface area contributed by atoms with E-state index in [2.05, 4.69) is 32.3 Å². The van der Waals surface area contributed by atoms with E-state index in [0.717, 1.165) is 28.8 Å². The number of carbonyl (C=O) groups excluding carboxylic acids is 1. The highest BCUT2D eigenvalue weighted by Crippen LogP contribution is 2.31. The number of benzene rings is 1. The number of carbonyl (C=O) groups is 1. The van der Waals surface area contributed by atoms with E-state index in [0.29, 0.717) is 6.42 Å². The van der Waals surface area contributed by atoms with E-state index in [9.17, 15) is 4.79 Å². The molecule has 0 spiro atoms. The van der Waals surface area contributed by atoms with E-state index in [1.54, 1.807) is 11.3 Å². The first-order chi connectivity index (χ1) is 8.75. The number of fused-ring (bicyclic) bond motifs is 1. The molecule has 0 atom stereocenters. The lowest BCUT2D eigenvalue weighted by atomic mass is 10.0. The third-order valence-electron chi connectivity index (χ3n) is 3.18. The van der Waals surface area contributed by atoms with Crippen LogP contribution in [0, 0.1) is 0 Å².